The van der Waals surface area contributed by atoms with Gasteiger partial charge in [-0.1, -0.05) is 29.8 Å². The molecular weight excluding hydrogens is 392 g/mol. The molecule has 2 aromatic carbocycles. The van der Waals surface area contributed by atoms with Crippen LogP contribution in [0, 0.1) is 6.92 Å². The Bertz CT molecular complexity index is 938. The molecule has 1 atom stereocenters. The van der Waals surface area contributed by atoms with E-state index >= 15 is 0 Å². The molecule has 1 unspecified atom stereocenters. The van der Waals surface area contributed by atoms with Crippen LogP contribution in [0.3, 0.4) is 0 Å². The zero-order valence-electron chi connectivity index (χ0n) is 16.6. The van der Waals surface area contributed by atoms with Crippen LogP contribution in [0.1, 0.15) is 27.5 Å². The molecule has 1 aliphatic rings. The number of rotatable bonds is 7. The number of carbonyl (C=O) groups is 1. The molecule has 0 bridgehead atoms. The van der Waals surface area contributed by atoms with Crippen molar-refractivity contribution < 1.29 is 22.7 Å². The average Bonchev–Trinajstić information content (AvgIpc) is 2.74. The van der Waals surface area contributed by atoms with Crippen LogP contribution >= 0.6 is 0 Å². The minimum absolute atomic E-state index is 0.0945. The van der Waals surface area contributed by atoms with Gasteiger partial charge in [0.25, 0.3) is 0 Å². The molecule has 29 heavy (non-hydrogen) atoms. The normalized spacial score (nSPS) is 16.3. The quantitative estimate of drug-likeness (QED) is 0.694. The molecule has 0 aliphatic carbocycles. The molecule has 1 aliphatic heterocycles. The van der Waals surface area contributed by atoms with Crippen LogP contribution in [0.15, 0.2) is 53.4 Å². The minimum atomic E-state index is -3.72. The minimum Gasteiger partial charge on any atom is -0.465 e. The first-order valence-corrected chi connectivity index (χ1v) is 11.0. The van der Waals surface area contributed by atoms with E-state index < -0.39 is 16.0 Å². The predicted molar refractivity (Wildman–Crippen MR) is 109 cm³/mol. The molecule has 0 aromatic heterocycles. The monoisotopic (exact) mass is 418 g/mol. The Balaban J connectivity index is 1.77. The average molecular weight is 419 g/mol. The van der Waals surface area contributed by atoms with E-state index in [-0.39, 0.29) is 17.5 Å². The van der Waals surface area contributed by atoms with Crippen LogP contribution < -0.4 is 4.72 Å². The number of morpholine rings is 1. The highest BCUT2D eigenvalue weighted by molar-refractivity contribution is 7.89. The first-order valence-electron chi connectivity index (χ1n) is 9.47. The summed E-state index contributed by atoms with van der Waals surface area (Å²) in [7, 11) is -2.44. The van der Waals surface area contributed by atoms with Gasteiger partial charge in [0.15, 0.2) is 0 Å². The second kappa shape index (κ2) is 9.49. The first kappa shape index (κ1) is 21.4. The van der Waals surface area contributed by atoms with Crippen molar-refractivity contribution in [3.63, 3.8) is 0 Å². The summed E-state index contributed by atoms with van der Waals surface area (Å²) < 4.78 is 38.4. The van der Waals surface area contributed by atoms with Gasteiger partial charge in [0.1, 0.15) is 0 Å². The highest BCUT2D eigenvalue weighted by Gasteiger charge is 2.25. The maximum Gasteiger partial charge on any atom is 0.337 e. The number of hydrogen-bond donors (Lipinski definition) is 1. The Labute approximate surface area is 171 Å². The van der Waals surface area contributed by atoms with Crippen molar-refractivity contribution in [1.29, 1.82) is 0 Å². The molecule has 0 radical (unpaired) electrons. The van der Waals surface area contributed by atoms with Gasteiger partial charge in [-0.25, -0.2) is 17.9 Å². The number of nitrogens with one attached hydrogen (secondary N) is 1. The summed E-state index contributed by atoms with van der Waals surface area (Å²) in [5.74, 6) is -0.506. The van der Waals surface area contributed by atoms with Crippen LogP contribution in [-0.2, 0) is 19.5 Å². The number of hydrogen-bond acceptors (Lipinski definition) is 6. The molecular formula is C21H26N2O5S. The van der Waals surface area contributed by atoms with Crippen molar-refractivity contribution >= 4 is 16.0 Å². The Hall–Kier alpha value is -2.26. The van der Waals surface area contributed by atoms with Crippen molar-refractivity contribution in [1.82, 2.24) is 9.62 Å². The molecule has 2 aromatic rings. The van der Waals surface area contributed by atoms with Crippen LogP contribution in [0.2, 0.25) is 0 Å². The number of sulfonamides is 1. The highest BCUT2D eigenvalue weighted by Crippen LogP contribution is 2.23. The van der Waals surface area contributed by atoms with E-state index in [0.717, 1.165) is 24.2 Å². The SMILES string of the molecule is COC(=O)c1ccc(S(=O)(=O)NCC(c2cccc(C)c2)N2CCOCC2)cc1. The van der Waals surface area contributed by atoms with Crippen LogP contribution in [0.4, 0.5) is 0 Å². The number of carbonyl (C=O) groups excluding carboxylic acids is 1. The van der Waals surface area contributed by atoms with E-state index in [1.54, 1.807) is 0 Å². The van der Waals surface area contributed by atoms with E-state index in [1.807, 2.05) is 25.1 Å². The molecule has 0 saturated carbocycles. The van der Waals surface area contributed by atoms with E-state index in [9.17, 15) is 13.2 Å². The Morgan fingerprint density at radius 2 is 1.86 bits per heavy atom. The zero-order chi connectivity index (χ0) is 20.9. The summed E-state index contributed by atoms with van der Waals surface area (Å²) in [6, 6.07) is 13.7. The molecule has 1 saturated heterocycles. The van der Waals surface area contributed by atoms with E-state index in [2.05, 4.69) is 20.4 Å². The summed E-state index contributed by atoms with van der Waals surface area (Å²) >= 11 is 0. The van der Waals surface area contributed by atoms with E-state index in [0.29, 0.717) is 18.8 Å². The fourth-order valence-electron chi connectivity index (χ4n) is 3.38. The van der Waals surface area contributed by atoms with Crippen LogP contribution in [0.25, 0.3) is 0 Å². The zero-order valence-corrected chi connectivity index (χ0v) is 17.4. The predicted octanol–water partition coefficient (Wildman–Crippen LogP) is 2.13. The third kappa shape index (κ3) is 5.42. The molecule has 1 N–H and O–H groups in total. The maximum absolute atomic E-state index is 12.8. The van der Waals surface area contributed by atoms with Gasteiger partial charge in [-0.05, 0) is 36.8 Å². The summed E-state index contributed by atoms with van der Waals surface area (Å²) in [4.78, 5) is 13.9. The summed E-state index contributed by atoms with van der Waals surface area (Å²) in [6.45, 7) is 5.01. The lowest BCUT2D eigenvalue weighted by Gasteiger charge is -2.35. The molecule has 1 fully saturated rings. The van der Waals surface area contributed by atoms with Crippen molar-refractivity contribution in [2.75, 3.05) is 40.0 Å². The van der Waals surface area contributed by atoms with Gasteiger partial charge in [0, 0.05) is 25.7 Å². The van der Waals surface area contributed by atoms with Crippen LogP contribution in [0.5, 0.6) is 0 Å². The van der Waals surface area contributed by atoms with Crippen molar-refractivity contribution in [2.24, 2.45) is 0 Å². The molecule has 7 nitrogen and oxygen atoms in total. The Morgan fingerprint density at radius 1 is 1.17 bits per heavy atom. The Morgan fingerprint density at radius 3 is 2.48 bits per heavy atom. The van der Waals surface area contributed by atoms with Gasteiger partial charge < -0.3 is 9.47 Å². The number of esters is 1. The summed E-state index contributed by atoms with van der Waals surface area (Å²) in [5.41, 5.74) is 2.50. The van der Waals surface area contributed by atoms with Gasteiger partial charge in [-0.2, -0.15) is 0 Å². The summed E-state index contributed by atoms with van der Waals surface area (Å²) in [5, 5.41) is 0. The molecule has 156 valence electrons. The number of methoxy groups -OCH3 is 1. The van der Waals surface area contributed by atoms with Gasteiger partial charge in [0.05, 0.1) is 30.8 Å². The van der Waals surface area contributed by atoms with Crippen molar-refractivity contribution in [3.05, 3.63) is 65.2 Å². The lowest BCUT2D eigenvalue weighted by molar-refractivity contribution is 0.0172. The fraction of sp³-hybridized carbons (Fsp3) is 0.381. The van der Waals surface area contributed by atoms with Gasteiger partial charge in [-0.3, -0.25) is 4.90 Å². The topological polar surface area (TPSA) is 84.9 Å². The van der Waals surface area contributed by atoms with Crippen molar-refractivity contribution in [2.45, 2.75) is 17.9 Å². The van der Waals surface area contributed by atoms with Gasteiger partial charge in [-0.15, -0.1) is 0 Å². The maximum atomic E-state index is 12.8. The standard InChI is InChI=1S/C21H26N2O5S/c1-16-4-3-5-18(14-16)20(23-10-12-28-13-11-23)15-22-29(25,26)19-8-6-17(7-9-19)21(24)27-2/h3-9,14,20,22H,10-13,15H2,1-2H3. The van der Waals surface area contributed by atoms with Crippen LogP contribution in [-0.4, -0.2) is 59.2 Å². The molecule has 3 rings (SSSR count). The third-order valence-corrected chi connectivity index (χ3v) is 6.41. The Kier molecular flexibility index (Phi) is 7.02. The van der Waals surface area contributed by atoms with E-state index in [1.165, 1.54) is 31.4 Å². The first-order chi connectivity index (χ1) is 13.9. The third-order valence-electron chi connectivity index (χ3n) is 4.97. The molecule has 1 heterocycles. The number of nitrogens with zero attached hydrogens (tertiary/aromatic N) is 1. The van der Waals surface area contributed by atoms with Gasteiger partial charge >= 0.3 is 5.97 Å². The second-order valence-corrected chi connectivity index (χ2v) is 8.71. The molecule has 8 heteroatoms. The van der Waals surface area contributed by atoms with Gasteiger partial charge in [0.2, 0.25) is 10.0 Å². The molecule has 0 spiro atoms. The molecule has 0 amide bonds. The second-order valence-electron chi connectivity index (χ2n) is 6.95. The van der Waals surface area contributed by atoms with Crippen molar-refractivity contribution in [3.8, 4) is 0 Å². The number of ether oxygens (including phenoxy) is 2. The largest absolute Gasteiger partial charge is 0.465 e. The lowest BCUT2D eigenvalue weighted by atomic mass is 10.0. The fourth-order valence-corrected chi connectivity index (χ4v) is 4.42. The lowest BCUT2D eigenvalue weighted by Crippen LogP contribution is -2.43. The summed E-state index contributed by atoms with van der Waals surface area (Å²) in [6.07, 6.45) is 0. The highest BCUT2D eigenvalue weighted by atomic mass is 32.2. The van der Waals surface area contributed by atoms with E-state index in [4.69, 9.17) is 4.74 Å². The number of aryl methyl sites for hydroxylation is 1. The number of benzene rings is 2. The smallest absolute Gasteiger partial charge is 0.337 e.